The topological polar surface area (TPSA) is 24.5 Å². The summed E-state index contributed by atoms with van der Waals surface area (Å²) in [5.74, 6) is -0.166. The van der Waals surface area contributed by atoms with E-state index in [1.54, 1.807) is 12.1 Å². The molecule has 0 bridgehead atoms. The number of piperazine rings is 1. The van der Waals surface area contributed by atoms with Gasteiger partial charge < -0.3 is 15.0 Å². The van der Waals surface area contributed by atoms with E-state index in [0.717, 1.165) is 13.0 Å². The van der Waals surface area contributed by atoms with E-state index in [-0.39, 0.29) is 17.8 Å². The van der Waals surface area contributed by atoms with E-state index in [2.05, 4.69) is 32.9 Å². The predicted octanol–water partition coefficient (Wildman–Crippen LogP) is 3.92. The first-order valence-electron chi connectivity index (χ1n) is 6.85. The van der Waals surface area contributed by atoms with Gasteiger partial charge in [-0.15, -0.1) is 13.2 Å². The van der Waals surface area contributed by atoms with E-state index in [1.165, 1.54) is 6.07 Å². The maximum Gasteiger partial charge on any atom is 0.573 e. The smallest absolute Gasteiger partial charge is 0.404 e. The quantitative estimate of drug-likeness (QED) is 0.877. The van der Waals surface area contributed by atoms with E-state index in [4.69, 9.17) is 0 Å². The Labute approximate surface area is 130 Å². The maximum atomic E-state index is 12.6. The molecule has 21 heavy (non-hydrogen) atoms. The molecule has 1 fully saturated rings. The van der Waals surface area contributed by atoms with Crippen LogP contribution < -0.4 is 15.0 Å². The van der Waals surface area contributed by atoms with Crippen LogP contribution in [0.15, 0.2) is 22.7 Å². The molecule has 1 aromatic carbocycles. The number of alkyl halides is 3. The van der Waals surface area contributed by atoms with Crippen LogP contribution in [0.1, 0.15) is 20.3 Å². The van der Waals surface area contributed by atoms with Gasteiger partial charge in [-0.25, -0.2) is 0 Å². The summed E-state index contributed by atoms with van der Waals surface area (Å²) < 4.78 is 42.5. The Hall–Kier alpha value is -0.950. The Morgan fingerprint density at radius 2 is 2.14 bits per heavy atom. The molecule has 2 unspecified atom stereocenters. The molecule has 2 rings (SSSR count). The largest absolute Gasteiger partial charge is 0.573 e. The highest BCUT2D eigenvalue weighted by Crippen LogP contribution is 2.36. The fourth-order valence-electron chi connectivity index (χ4n) is 2.47. The molecule has 0 aromatic heterocycles. The Bertz CT molecular complexity index is 496. The molecular weight excluding hydrogens is 349 g/mol. The van der Waals surface area contributed by atoms with E-state index in [0.29, 0.717) is 16.7 Å². The minimum absolute atomic E-state index is 0.101. The van der Waals surface area contributed by atoms with E-state index in [9.17, 15) is 13.2 Å². The van der Waals surface area contributed by atoms with Crippen molar-refractivity contribution in [1.82, 2.24) is 5.32 Å². The van der Waals surface area contributed by atoms with Gasteiger partial charge in [0, 0.05) is 29.6 Å². The molecule has 1 aliphatic heterocycles. The number of nitrogens with one attached hydrogen (secondary N) is 1. The van der Waals surface area contributed by atoms with Gasteiger partial charge in [-0.1, -0.05) is 22.9 Å². The fourth-order valence-corrected chi connectivity index (χ4v) is 2.81. The standard InChI is InChI=1S/C14H18BrF3N2O/c1-3-11-8-20(9(2)7-19-11)12-5-4-10(15)6-13(12)21-14(16,17)18/h4-6,9,11,19H,3,7-8H2,1-2H3. The van der Waals surface area contributed by atoms with Crippen molar-refractivity contribution >= 4 is 21.6 Å². The second kappa shape index (κ2) is 6.44. The number of anilines is 1. The third-order valence-electron chi connectivity index (χ3n) is 3.60. The minimum atomic E-state index is -4.70. The second-order valence-electron chi connectivity index (χ2n) is 5.17. The molecule has 1 aliphatic rings. The zero-order valence-electron chi connectivity index (χ0n) is 11.9. The van der Waals surface area contributed by atoms with Crippen LogP contribution in [0, 0.1) is 0 Å². The number of benzene rings is 1. The Balaban J connectivity index is 2.33. The number of rotatable bonds is 3. The molecule has 3 nitrogen and oxygen atoms in total. The van der Waals surface area contributed by atoms with Crippen molar-refractivity contribution in [3.8, 4) is 5.75 Å². The SMILES string of the molecule is CCC1CN(c2ccc(Br)cc2OC(F)(F)F)C(C)CN1. The van der Waals surface area contributed by atoms with Gasteiger partial charge in [0.15, 0.2) is 5.75 Å². The van der Waals surface area contributed by atoms with Crippen LogP contribution in [0.3, 0.4) is 0 Å². The molecule has 0 saturated carbocycles. The number of hydrogen-bond acceptors (Lipinski definition) is 3. The van der Waals surface area contributed by atoms with Gasteiger partial charge in [-0.3, -0.25) is 0 Å². The predicted molar refractivity (Wildman–Crippen MR) is 79.7 cm³/mol. The number of ether oxygens (including phenoxy) is 1. The van der Waals surface area contributed by atoms with Crippen molar-refractivity contribution in [1.29, 1.82) is 0 Å². The van der Waals surface area contributed by atoms with Crippen LogP contribution in [0.4, 0.5) is 18.9 Å². The molecule has 1 N–H and O–H groups in total. The van der Waals surface area contributed by atoms with Gasteiger partial charge in [0.25, 0.3) is 0 Å². The van der Waals surface area contributed by atoms with Gasteiger partial charge >= 0.3 is 6.36 Å². The van der Waals surface area contributed by atoms with Gasteiger partial charge in [0.05, 0.1) is 5.69 Å². The lowest BCUT2D eigenvalue weighted by Gasteiger charge is -2.40. The fraction of sp³-hybridized carbons (Fsp3) is 0.571. The van der Waals surface area contributed by atoms with Crippen LogP contribution in [-0.2, 0) is 0 Å². The summed E-state index contributed by atoms with van der Waals surface area (Å²) in [7, 11) is 0. The van der Waals surface area contributed by atoms with Crippen LogP contribution in [-0.4, -0.2) is 31.5 Å². The summed E-state index contributed by atoms with van der Waals surface area (Å²) in [6.45, 7) is 5.44. The Kier molecular flexibility index (Phi) is 5.03. The number of nitrogens with zero attached hydrogens (tertiary/aromatic N) is 1. The molecule has 118 valence electrons. The third kappa shape index (κ3) is 4.26. The van der Waals surface area contributed by atoms with Crippen molar-refractivity contribution in [2.24, 2.45) is 0 Å². The lowest BCUT2D eigenvalue weighted by atomic mass is 10.1. The zero-order valence-corrected chi connectivity index (χ0v) is 13.5. The van der Waals surface area contributed by atoms with Crippen molar-refractivity contribution in [2.75, 3.05) is 18.0 Å². The summed E-state index contributed by atoms with van der Waals surface area (Å²) >= 11 is 3.19. The summed E-state index contributed by atoms with van der Waals surface area (Å²) in [6, 6.07) is 5.13. The number of hydrogen-bond donors (Lipinski definition) is 1. The molecule has 7 heteroatoms. The zero-order chi connectivity index (χ0) is 15.6. The molecule has 2 atom stereocenters. The Morgan fingerprint density at radius 3 is 2.76 bits per heavy atom. The van der Waals surface area contributed by atoms with Gasteiger partial charge in [-0.05, 0) is 31.5 Å². The van der Waals surface area contributed by atoms with Crippen LogP contribution in [0.5, 0.6) is 5.75 Å². The highest BCUT2D eigenvalue weighted by atomic mass is 79.9. The molecule has 0 amide bonds. The third-order valence-corrected chi connectivity index (χ3v) is 4.09. The van der Waals surface area contributed by atoms with Crippen LogP contribution >= 0.6 is 15.9 Å². The van der Waals surface area contributed by atoms with E-state index >= 15 is 0 Å². The summed E-state index contributed by atoms with van der Waals surface area (Å²) in [5.41, 5.74) is 0.475. The average molecular weight is 367 g/mol. The monoisotopic (exact) mass is 366 g/mol. The first-order chi connectivity index (χ1) is 9.80. The van der Waals surface area contributed by atoms with Crippen molar-refractivity contribution in [3.05, 3.63) is 22.7 Å². The van der Waals surface area contributed by atoms with Gasteiger partial charge in [-0.2, -0.15) is 0 Å². The lowest BCUT2D eigenvalue weighted by Crippen LogP contribution is -2.55. The highest BCUT2D eigenvalue weighted by Gasteiger charge is 2.34. The first-order valence-corrected chi connectivity index (χ1v) is 7.64. The van der Waals surface area contributed by atoms with Crippen molar-refractivity contribution in [3.63, 3.8) is 0 Å². The summed E-state index contributed by atoms with van der Waals surface area (Å²) in [6.07, 6.45) is -3.77. The summed E-state index contributed by atoms with van der Waals surface area (Å²) in [4.78, 5) is 1.97. The minimum Gasteiger partial charge on any atom is -0.404 e. The van der Waals surface area contributed by atoms with Gasteiger partial charge in [0.2, 0.25) is 0 Å². The molecule has 0 radical (unpaired) electrons. The number of halogens is 4. The van der Waals surface area contributed by atoms with Crippen molar-refractivity contribution in [2.45, 2.75) is 38.7 Å². The van der Waals surface area contributed by atoms with E-state index < -0.39 is 6.36 Å². The average Bonchev–Trinajstić information content (AvgIpc) is 2.38. The first kappa shape index (κ1) is 16.4. The van der Waals surface area contributed by atoms with E-state index in [1.807, 2.05) is 11.8 Å². The Morgan fingerprint density at radius 1 is 1.43 bits per heavy atom. The molecule has 1 saturated heterocycles. The molecule has 0 spiro atoms. The van der Waals surface area contributed by atoms with Crippen molar-refractivity contribution < 1.29 is 17.9 Å². The van der Waals surface area contributed by atoms with Crippen LogP contribution in [0.25, 0.3) is 0 Å². The second-order valence-corrected chi connectivity index (χ2v) is 6.09. The maximum absolute atomic E-state index is 12.6. The summed E-state index contributed by atoms with van der Waals surface area (Å²) in [5, 5.41) is 3.38. The lowest BCUT2D eigenvalue weighted by molar-refractivity contribution is -0.274. The highest BCUT2D eigenvalue weighted by molar-refractivity contribution is 9.10. The molecule has 1 aromatic rings. The van der Waals surface area contributed by atoms with Crippen LogP contribution in [0.2, 0.25) is 0 Å². The normalized spacial score (nSPS) is 23.2. The molecule has 1 heterocycles. The molecular formula is C14H18BrF3N2O. The van der Waals surface area contributed by atoms with Gasteiger partial charge in [0.1, 0.15) is 0 Å². The molecule has 0 aliphatic carbocycles.